The van der Waals surface area contributed by atoms with Crippen molar-refractivity contribution in [2.24, 2.45) is 5.41 Å². The third-order valence-corrected chi connectivity index (χ3v) is 7.39. The number of ether oxygens (including phenoxy) is 2. The SMILES string of the molecule is C[C@@H]1CN(c2ccc(F)cc2)CCN1CC[C@H]1CC2(CCN(C(=O)OC(C)(C)C)CC2)C(=O)O1. The van der Waals surface area contributed by atoms with Crippen LogP contribution in [0.25, 0.3) is 0 Å². The average Bonchev–Trinajstić information content (AvgIpc) is 3.07. The van der Waals surface area contributed by atoms with Gasteiger partial charge < -0.3 is 19.3 Å². The van der Waals surface area contributed by atoms with Crippen LogP contribution in [0.15, 0.2) is 24.3 Å². The third-order valence-electron chi connectivity index (χ3n) is 7.39. The van der Waals surface area contributed by atoms with Crippen LogP contribution >= 0.6 is 0 Å². The van der Waals surface area contributed by atoms with Crippen LogP contribution in [0.1, 0.15) is 53.4 Å². The van der Waals surface area contributed by atoms with Crippen molar-refractivity contribution in [1.29, 1.82) is 0 Å². The van der Waals surface area contributed by atoms with Gasteiger partial charge in [-0.3, -0.25) is 9.69 Å². The quantitative estimate of drug-likeness (QED) is 0.612. The monoisotopic (exact) mass is 475 g/mol. The van der Waals surface area contributed by atoms with Gasteiger partial charge in [-0.1, -0.05) is 0 Å². The molecule has 34 heavy (non-hydrogen) atoms. The summed E-state index contributed by atoms with van der Waals surface area (Å²) in [5.41, 5.74) is 0.0682. The largest absolute Gasteiger partial charge is 0.462 e. The van der Waals surface area contributed by atoms with Crippen molar-refractivity contribution in [3.63, 3.8) is 0 Å². The Labute approximate surface area is 202 Å². The van der Waals surface area contributed by atoms with Crippen molar-refractivity contribution in [2.45, 2.75) is 71.1 Å². The fourth-order valence-electron chi connectivity index (χ4n) is 5.37. The van der Waals surface area contributed by atoms with Crippen LogP contribution in [0, 0.1) is 11.2 Å². The highest BCUT2D eigenvalue weighted by Gasteiger charge is 2.51. The second-order valence-corrected chi connectivity index (χ2v) is 11.1. The van der Waals surface area contributed by atoms with Crippen molar-refractivity contribution >= 4 is 17.7 Å². The summed E-state index contributed by atoms with van der Waals surface area (Å²) in [7, 11) is 0. The first-order valence-corrected chi connectivity index (χ1v) is 12.5. The number of cyclic esters (lactones) is 1. The van der Waals surface area contributed by atoms with E-state index in [-0.39, 0.29) is 24.0 Å². The van der Waals surface area contributed by atoms with Gasteiger partial charge in [0.15, 0.2) is 0 Å². The first-order chi connectivity index (χ1) is 16.0. The summed E-state index contributed by atoms with van der Waals surface area (Å²) in [5.74, 6) is -0.314. The van der Waals surface area contributed by atoms with Crippen molar-refractivity contribution in [1.82, 2.24) is 9.80 Å². The number of rotatable bonds is 4. The lowest BCUT2D eigenvalue weighted by Gasteiger charge is -2.41. The summed E-state index contributed by atoms with van der Waals surface area (Å²) in [6.45, 7) is 12.4. The van der Waals surface area contributed by atoms with E-state index in [0.717, 1.165) is 44.7 Å². The van der Waals surface area contributed by atoms with Gasteiger partial charge >= 0.3 is 12.1 Å². The number of esters is 1. The topological polar surface area (TPSA) is 62.3 Å². The minimum absolute atomic E-state index is 0.0668. The Bertz CT molecular complexity index is 877. The van der Waals surface area contributed by atoms with Crippen LogP contribution in [0.2, 0.25) is 0 Å². The molecule has 0 N–H and O–H groups in total. The van der Waals surface area contributed by atoms with Crippen molar-refractivity contribution in [3.05, 3.63) is 30.1 Å². The third kappa shape index (κ3) is 5.65. The van der Waals surface area contributed by atoms with E-state index >= 15 is 0 Å². The number of amides is 1. The average molecular weight is 476 g/mol. The molecule has 8 heteroatoms. The van der Waals surface area contributed by atoms with Gasteiger partial charge in [-0.2, -0.15) is 0 Å². The molecule has 3 aliphatic rings. The molecule has 3 saturated heterocycles. The lowest BCUT2D eigenvalue weighted by atomic mass is 9.76. The summed E-state index contributed by atoms with van der Waals surface area (Å²) in [4.78, 5) is 31.6. The predicted octanol–water partition coefficient (Wildman–Crippen LogP) is 4.06. The van der Waals surface area contributed by atoms with Gasteiger partial charge in [0.25, 0.3) is 0 Å². The maximum Gasteiger partial charge on any atom is 0.410 e. The van der Waals surface area contributed by atoms with E-state index in [1.54, 1.807) is 4.90 Å². The van der Waals surface area contributed by atoms with Crippen LogP contribution in [-0.4, -0.2) is 78.9 Å². The molecule has 0 radical (unpaired) electrons. The molecule has 1 amide bonds. The number of hydrogen-bond acceptors (Lipinski definition) is 6. The predicted molar refractivity (Wildman–Crippen MR) is 128 cm³/mol. The van der Waals surface area contributed by atoms with Gasteiger partial charge in [0, 0.05) is 57.4 Å². The van der Waals surface area contributed by atoms with Crippen LogP contribution in [0.4, 0.5) is 14.9 Å². The number of nitrogens with zero attached hydrogens (tertiary/aromatic N) is 3. The van der Waals surface area contributed by atoms with E-state index in [9.17, 15) is 14.0 Å². The molecule has 0 aliphatic carbocycles. The van der Waals surface area contributed by atoms with E-state index < -0.39 is 11.0 Å². The van der Waals surface area contributed by atoms with Gasteiger partial charge in [0.2, 0.25) is 0 Å². The summed E-state index contributed by atoms with van der Waals surface area (Å²) < 4.78 is 24.5. The fourth-order valence-corrected chi connectivity index (χ4v) is 5.37. The second-order valence-electron chi connectivity index (χ2n) is 11.1. The summed E-state index contributed by atoms with van der Waals surface area (Å²) >= 11 is 0. The van der Waals surface area contributed by atoms with Gasteiger partial charge in [0.05, 0.1) is 5.41 Å². The van der Waals surface area contributed by atoms with E-state index in [1.165, 1.54) is 12.1 Å². The summed E-state index contributed by atoms with van der Waals surface area (Å²) in [6.07, 6.45) is 2.45. The zero-order valence-corrected chi connectivity index (χ0v) is 20.9. The van der Waals surface area contributed by atoms with Crippen LogP contribution < -0.4 is 4.90 Å². The Hall–Kier alpha value is -2.35. The fraction of sp³-hybridized carbons (Fsp3) is 0.692. The number of carbonyl (C=O) groups is 2. The minimum Gasteiger partial charge on any atom is -0.462 e. The molecular weight excluding hydrogens is 437 g/mol. The molecule has 0 bridgehead atoms. The van der Waals surface area contributed by atoms with E-state index in [0.29, 0.717) is 32.0 Å². The molecule has 2 atom stereocenters. The van der Waals surface area contributed by atoms with Crippen molar-refractivity contribution < 1.29 is 23.5 Å². The van der Waals surface area contributed by atoms with Crippen molar-refractivity contribution in [2.75, 3.05) is 44.2 Å². The number of anilines is 1. The highest BCUT2D eigenvalue weighted by molar-refractivity contribution is 5.79. The molecule has 7 nitrogen and oxygen atoms in total. The Balaban J connectivity index is 1.24. The molecular formula is C26H38FN3O4. The maximum atomic E-state index is 13.2. The lowest BCUT2D eigenvalue weighted by Crippen LogP contribution is -2.52. The Kier molecular flexibility index (Phi) is 7.08. The zero-order valence-electron chi connectivity index (χ0n) is 20.9. The Morgan fingerprint density at radius 3 is 2.44 bits per heavy atom. The molecule has 3 aliphatic heterocycles. The highest BCUT2D eigenvalue weighted by atomic mass is 19.1. The minimum atomic E-state index is -0.523. The van der Waals surface area contributed by atoms with Gasteiger partial charge in [-0.05, 0) is 71.2 Å². The molecule has 1 spiro atoms. The standard InChI is InChI=1S/C26H38FN3O4/c1-19-18-30(21-7-5-20(27)6-8-21)16-15-28(19)12-9-22-17-26(23(31)33-22)10-13-29(14-11-26)24(32)34-25(2,3)4/h5-8,19,22H,9-18H2,1-4H3/t19-,22+/m1/s1. The molecule has 1 aromatic rings. The molecule has 188 valence electrons. The van der Waals surface area contributed by atoms with Gasteiger partial charge in [-0.15, -0.1) is 0 Å². The Morgan fingerprint density at radius 2 is 1.82 bits per heavy atom. The number of carbonyl (C=O) groups excluding carboxylic acids is 2. The highest BCUT2D eigenvalue weighted by Crippen LogP contribution is 2.44. The smallest absolute Gasteiger partial charge is 0.410 e. The van der Waals surface area contributed by atoms with Gasteiger partial charge in [0.1, 0.15) is 17.5 Å². The van der Waals surface area contributed by atoms with E-state index in [1.807, 2.05) is 32.9 Å². The molecule has 0 aromatic heterocycles. The summed E-state index contributed by atoms with van der Waals surface area (Å²) in [6, 6.07) is 7.05. The maximum absolute atomic E-state index is 13.2. The Morgan fingerprint density at radius 1 is 1.15 bits per heavy atom. The van der Waals surface area contributed by atoms with Crippen molar-refractivity contribution in [3.8, 4) is 0 Å². The molecule has 0 saturated carbocycles. The van der Waals surface area contributed by atoms with Crippen LogP contribution in [0.5, 0.6) is 0 Å². The molecule has 3 fully saturated rings. The number of piperazine rings is 1. The van der Waals surface area contributed by atoms with E-state index in [4.69, 9.17) is 9.47 Å². The van der Waals surface area contributed by atoms with Crippen LogP contribution in [-0.2, 0) is 14.3 Å². The molecule has 4 rings (SSSR count). The number of halogens is 1. The number of benzene rings is 1. The number of hydrogen-bond donors (Lipinski definition) is 0. The molecule has 0 unspecified atom stereocenters. The molecule has 3 heterocycles. The lowest BCUT2D eigenvalue weighted by molar-refractivity contribution is -0.151. The zero-order chi connectivity index (χ0) is 24.5. The van der Waals surface area contributed by atoms with E-state index in [2.05, 4.69) is 16.7 Å². The number of piperidine rings is 1. The van der Waals surface area contributed by atoms with Crippen LogP contribution in [0.3, 0.4) is 0 Å². The molecule has 1 aromatic carbocycles. The normalized spacial score (nSPS) is 25.5. The summed E-state index contributed by atoms with van der Waals surface area (Å²) in [5, 5.41) is 0. The first-order valence-electron chi connectivity index (χ1n) is 12.5. The first kappa shape index (κ1) is 24.8. The second kappa shape index (κ2) is 9.72. The van der Waals surface area contributed by atoms with Gasteiger partial charge in [-0.25, -0.2) is 9.18 Å². The number of likely N-dealkylation sites (tertiary alicyclic amines) is 1.